The molecule has 3 aromatic heterocycles. The maximum atomic E-state index is 6.37. The van der Waals surface area contributed by atoms with Crippen LogP contribution in [-0.2, 0) is 0 Å². The summed E-state index contributed by atoms with van der Waals surface area (Å²) in [5.74, 6) is 0. The number of thiophene rings is 2. The maximum absolute atomic E-state index is 6.37. The molecule has 0 atom stereocenters. The predicted octanol–water partition coefficient (Wildman–Crippen LogP) is 15.1. The second-order valence-electron chi connectivity index (χ2n) is 13.5. The van der Waals surface area contributed by atoms with Crippen LogP contribution in [0.3, 0.4) is 0 Å². The Labute approximate surface area is 300 Å². The van der Waals surface area contributed by atoms with Crippen molar-refractivity contribution in [3.8, 4) is 22.3 Å². The van der Waals surface area contributed by atoms with Crippen LogP contribution in [0, 0.1) is 0 Å². The van der Waals surface area contributed by atoms with Gasteiger partial charge in [0.15, 0.2) is 0 Å². The van der Waals surface area contributed by atoms with E-state index >= 15 is 0 Å². The zero-order valence-electron chi connectivity index (χ0n) is 27.2. The first-order valence-corrected chi connectivity index (χ1v) is 19.0. The van der Waals surface area contributed by atoms with Gasteiger partial charge in [0.05, 0.1) is 0 Å². The first kappa shape index (κ1) is 27.8. The molecule has 0 aliphatic rings. The SMILES string of the molecule is c1ccc2c(c1)oc1cc(-c3c4ccccc4c(-c4ccc5c(c4)sc4c6ccccc6c6sc7ccccc7c6c54)c4ccccc34)ccc12. The Bertz CT molecular complexity index is 3370. The van der Waals surface area contributed by atoms with Crippen LogP contribution < -0.4 is 0 Å². The summed E-state index contributed by atoms with van der Waals surface area (Å²) < 4.78 is 11.8. The largest absolute Gasteiger partial charge is 0.456 e. The monoisotopic (exact) mass is 682 g/mol. The summed E-state index contributed by atoms with van der Waals surface area (Å²) in [5, 5.41) is 15.5. The van der Waals surface area contributed by atoms with Gasteiger partial charge in [0.25, 0.3) is 0 Å². The molecule has 9 aromatic carbocycles. The molecular formula is C48H26OS2. The van der Waals surface area contributed by atoms with Gasteiger partial charge in [-0.25, -0.2) is 0 Å². The lowest BCUT2D eigenvalue weighted by Crippen LogP contribution is -1.90. The number of furan rings is 1. The van der Waals surface area contributed by atoms with E-state index in [1.165, 1.54) is 94.9 Å². The van der Waals surface area contributed by atoms with Crippen molar-refractivity contribution in [2.75, 3.05) is 0 Å². The lowest BCUT2D eigenvalue weighted by molar-refractivity contribution is 0.669. The molecule has 3 heterocycles. The molecule has 0 unspecified atom stereocenters. The Morgan fingerprint density at radius 3 is 1.37 bits per heavy atom. The van der Waals surface area contributed by atoms with E-state index in [-0.39, 0.29) is 0 Å². The summed E-state index contributed by atoms with van der Waals surface area (Å²) in [5.41, 5.74) is 6.78. The van der Waals surface area contributed by atoms with Gasteiger partial charge in [0, 0.05) is 61.9 Å². The number of fused-ring (bicyclic) bond motifs is 15. The van der Waals surface area contributed by atoms with E-state index in [9.17, 15) is 0 Å². The Morgan fingerprint density at radius 2 is 0.745 bits per heavy atom. The molecule has 0 aliphatic heterocycles. The van der Waals surface area contributed by atoms with E-state index in [1.807, 2.05) is 28.7 Å². The summed E-state index contributed by atoms with van der Waals surface area (Å²) in [6.07, 6.45) is 0. The molecule has 0 radical (unpaired) electrons. The topological polar surface area (TPSA) is 13.1 Å². The van der Waals surface area contributed by atoms with Crippen LogP contribution in [0.4, 0.5) is 0 Å². The van der Waals surface area contributed by atoms with Crippen LogP contribution >= 0.6 is 22.7 Å². The molecule has 12 rings (SSSR count). The fourth-order valence-corrected chi connectivity index (χ4v) is 11.2. The normalized spacial score (nSPS) is 12.3. The minimum atomic E-state index is 0.918. The minimum absolute atomic E-state index is 0.918. The van der Waals surface area contributed by atoms with Crippen LogP contribution in [-0.4, -0.2) is 0 Å². The third kappa shape index (κ3) is 3.80. The zero-order valence-corrected chi connectivity index (χ0v) is 28.9. The highest BCUT2D eigenvalue weighted by Gasteiger charge is 2.21. The van der Waals surface area contributed by atoms with E-state index < -0.39 is 0 Å². The maximum Gasteiger partial charge on any atom is 0.136 e. The number of hydrogen-bond acceptors (Lipinski definition) is 3. The van der Waals surface area contributed by atoms with Gasteiger partial charge in [-0.05, 0) is 74.1 Å². The number of hydrogen-bond donors (Lipinski definition) is 0. The predicted molar refractivity (Wildman–Crippen MR) is 223 cm³/mol. The molecule has 51 heavy (non-hydrogen) atoms. The average molecular weight is 683 g/mol. The van der Waals surface area contributed by atoms with Crippen LogP contribution in [0.15, 0.2) is 162 Å². The van der Waals surface area contributed by atoms with Crippen molar-refractivity contribution in [3.05, 3.63) is 158 Å². The van der Waals surface area contributed by atoms with E-state index in [0.717, 1.165) is 21.9 Å². The number of para-hydroxylation sites is 1. The highest BCUT2D eigenvalue weighted by Crippen LogP contribution is 2.51. The van der Waals surface area contributed by atoms with E-state index in [1.54, 1.807) is 0 Å². The molecule has 0 bridgehead atoms. The molecule has 0 saturated carbocycles. The molecule has 3 heteroatoms. The molecule has 0 N–H and O–H groups in total. The second-order valence-corrected chi connectivity index (χ2v) is 15.6. The quantitative estimate of drug-likeness (QED) is 0.165. The van der Waals surface area contributed by atoms with Crippen molar-refractivity contribution < 1.29 is 4.42 Å². The summed E-state index contributed by atoms with van der Waals surface area (Å²) in [4.78, 5) is 0. The Kier molecular flexibility index (Phi) is 5.59. The molecule has 0 spiro atoms. The van der Waals surface area contributed by atoms with Crippen molar-refractivity contribution in [1.82, 2.24) is 0 Å². The highest BCUT2D eigenvalue weighted by molar-refractivity contribution is 7.29. The zero-order chi connectivity index (χ0) is 33.2. The van der Waals surface area contributed by atoms with Gasteiger partial charge in [-0.2, -0.15) is 0 Å². The van der Waals surface area contributed by atoms with Gasteiger partial charge in [0.2, 0.25) is 0 Å². The van der Waals surface area contributed by atoms with Crippen molar-refractivity contribution >= 4 is 117 Å². The van der Waals surface area contributed by atoms with Crippen LogP contribution in [0.25, 0.3) is 117 Å². The first-order chi connectivity index (χ1) is 25.3. The number of benzene rings is 9. The fraction of sp³-hybridized carbons (Fsp3) is 0. The Balaban J connectivity index is 1.15. The Hall–Kier alpha value is -6.00. The minimum Gasteiger partial charge on any atom is -0.456 e. The van der Waals surface area contributed by atoms with Crippen molar-refractivity contribution in [1.29, 1.82) is 0 Å². The molecule has 0 fully saturated rings. The molecule has 0 saturated heterocycles. The molecule has 12 aromatic rings. The highest BCUT2D eigenvalue weighted by atomic mass is 32.1. The van der Waals surface area contributed by atoms with Gasteiger partial charge in [-0.15, -0.1) is 22.7 Å². The van der Waals surface area contributed by atoms with E-state index in [0.29, 0.717) is 0 Å². The summed E-state index contributed by atoms with van der Waals surface area (Å²) in [6, 6.07) is 57.9. The van der Waals surface area contributed by atoms with Crippen LogP contribution in [0.1, 0.15) is 0 Å². The van der Waals surface area contributed by atoms with E-state index in [4.69, 9.17) is 4.42 Å². The van der Waals surface area contributed by atoms with Crippen LogP contribution in [0.2, 0.25) is 0 Å². The van der Waals surface area contributed by atoms with Gasteiger partial charge < -0.3 is 4.42 Å². The second kappa shape index (κ2) is 10.3. The first-order valence-electron chi connectivity index (χ1n) is 17.3. The summed E-state index contributed by atoms with van der Waals surface area (Å²) in [6.45, 7) is 0. The smallest absolute Gasteiger partial charge is 0.136 e. The van der Waals surface area contributed by atoms with Crippen molar-refractivity contribution in [2.24, 2.45) is 0 Å². The van der Waals surface area contributed by atoms with E-state index in [2.05, 4.69) is 152 Å². The fourth-order valence-electron chi connectivity index (χ4n) is 8.68. The van der Waals surface area contributed by atoms with Crippen LogP contribution in [0.5, 0.6) is 0 Å². The lowest BCUT2D eigenvalue weighted by Gasteiger charge is -2.17. The number of rotatable bonds is 2. The third-order valence-corrected chi connectivity index (χ3v) is 13.2. The average Bonchev–Trinajstić information content (AvgIpc) is 3.88. The summed E-state index contributed by atoms with van der Waals surface area (Å²) >= 11 is 3.85. The van der Waals surface area contributed by atoms with Gasteiger partial charge in [0.1, 0.15) is 11.2 Å². The van der Waals surface area contributed by atoms with Crippen molar-refractivity contribution in [2.45, 2.75) is 0 Å². The molecule has 236 valence electrons. The molecule has 0 aliphatic carbocycles. The summed E-state index contributed by atoms with van der Waals surface area (Å²) in [7, 11) is 0. The van der Waals surface area contributed by atoms with Gasteiger partial charge in [-0.3, -0.25) is 0 Å². The third-order valence-electron chi connectivity index (χ3n) is 10.8. The molecular weight excluding hydrogens is 657 g/mol. The van der Waals surface area contributed by atoms with Gasteiger partial charge >= 0.3 is 0 Å². The standard InChI is InChI=1S/C48H26OS2/c1-3-14-33-31(12-1)43(27-21-23-30-29-11-7-9-19-39(29)49-40(30)25-27)32-13-2-4-15-34(32)44(33)28-22-24-38-42(26-28)51-48-36-17-6-5-16-35(36)47-45(46(38)48)37-18-8-10-20-41(37)50-47/h1-26H. The van der Waals surface area contributed by atoms with Crippen molar-refractivity contribution in [3.63, 3.8) is 0 Å². The molecule has 1 nitrogen and oxygen atoms in total. The lowest BCUT2D eigenvalue weighted by atomic mass is 9.85. The van der Waals surface area contributed by atoms with Gasteiger partial charge in [-0.1, -0.05) is 127 Å². The Morgan fingerprint density at radius 1 is 0.314 bits per heavy atom. The molecule has 0 amide bonds.